The molecule has 1 saturated carbocycles. The van der Waals surface area contributed by atoms with Crippen LogP contribution in [0.4, 0.5) is 15.0 Å². The first-order chi connectivity index (χ1) is 17.8. The van der Waals surface area contributed by atoms with Crippen LogP contribution in [0.25, 0.3) is 22.0 Å². The van der Waals surface area contributed by atoms with Crippen LogP contribution in [-0.2, 0) is 16.6 Å². The lowest BCUT2D eigenvalue weighted by Crippen LogP contribution is -2.43. The molecule has 3 aromatic rings. The van der Waals surface area contributed by atoms with E-state index in [1.165, 1.54) is 6.07 Å². The molecule has 2 aromatic heterocycles. The molecule has 2 atom stereocenters. The fourth-order valence-corrected chi connectivity index (χ4v) is 5.28. The summed E-state index contributed by atoms with van der Waals surface area (Å²) in [6.45, 7) is 11.5. The number of anilines is 1. The first-order valence-corrected chi connectivity index (χ1v) is 13.3. The summed E-state index contributed by atoms with van der Waals surface area (Å²) in [5, 5.41) is 11.0. The number of fused-ring (bicyclic) bond motifs is 1. The van der Waals surface area contributed by atoms with Crippen LogP contribution in [0.3, 0.4) is 0 Å². The van der Waals surface area contributed by atoms with Gasteiger partial charge in [-0.1, -0.05) is 20.3 Å². The van der Waals surface area contributed by atoms with Crippen molar-refractivity contribution < 1.29 is 18.7 Å². The number of amides is 2. The third kappa shape index (κ3) is 6.14. The molecule has 0 bridgehead atoms. The zero-order valence-electron chi connectivity index (χ0n) is 23.3. The maximum absolute atomic E-state index is 15.1. The molecule has 1 fully saturated rings. The van der Waals surface area contributed by atoms with Crippen LogP contribution in [0.1, 0.15) is 77.5 Å². The Kier molecular flexibility index (Phi) is 7.76. The molecule has 2 heterocycles. The van der Waals surface area contributed by atoms with Gasteiger partial charge in [-0.2, -0.15) is 5.10 Å². The van der Waals surface area contributed by atoms with Gasteiger partial charge in [-0.05, 0) is 87.8 Å². The Hall–Kier alpha value is -3.49. The average molecular weight is 524 g/mol. The number of carbonyl (C=O) groups excluding carboxylic acids is 2. The first-order valence-electron chi connectivity index (χ1n) is 13.3. The highest BCUT2D eigenvalue weighted by Crippen LogP contribution is 2.34. The number of ether oxygens (including phenoxy) is 1. The summed E-state index contributed by atoms with van der Waals surface area (Å²) >= 11 is 0. The zero-order chi connectivity index (χ0) is 27.8. The van der Waals surface area contributed by atoms with Gasteiger partial charge in [-0.3, -0.25) is 9.48 Å². The quantitative estimate of drug-likeness (QED) is 0.413. The van der Waals surface area contributed by atoms with Gasteiger partial charge in [0.2, 0.25) is 5.91 Å². The molecule has 1 aliphatic carbocycles. The Balaban J connectivity index is 1.52. The van der Waals surface area contributed by atoms with Gasteiger partial charge >= 0.3 is 6.09 Å². The van der Waals surface area contributed by atoms with Crippen LogP contribution < -0.4 is 10.6 Å². The lowest BCUT2D eigenvalue weighted by molar-refractivity contribution is -0.121. The van der Waals surface area contributed by atoms with Crippen LogP contribution in [0, 0.1) is 18.7 Å². The molecule has 0 unspecified atom stereocenters. The fraction of sp³-hybridized carbons (Fsp3) is 0.517. The summed E-state index contributed by atoms with van der Waals surface area (Å²) in [6, 6.07) is 5.11. The Morgan fingerprint density at radius 3 is 2.61 bits per heavy atom. The van der Waals surface area contributed by atoms with Gasteiger partial charge in [-0.25, -0.2) is 14.2 Å². The minimum Gasteiger partial charge on any atom is -0.444 e. The first kappa shape index (κ1) is 27.5. The molecule has 0 spiro atoms. The normalized spacial score (nSPS) is 18.0. The van der Waals surface area contributed by atoms with E-state index in [0.717, 1.165) is 41.5 Å². The van der Waals surface area contributed by atoms with Crippen LogP contribution in [0.15, 0.2) is 24.4 Å². The van der Waals surface area contributed by atoms with Gasteiger partial charge in [0, 0.05) is 36.3 Å². The summed E-state index contributed by atoms with van der Waals surface area (Å²) in [7, 11) is 1.83. The summed E-state index contributed by atoms with van der Waals surface area (Å²) in [4.78, 5) is 29.7. The van der Waals surface area contributed by atoms with Crippen molar-refractivity contribution in [2.45, 2.75) is 84.8 Å². The van der Waals surface area contributed by atoms with Crippen molar-refractivity contribution in [1.82, 2.24) is 20.1 Å². The Morgan fingerprint density at radius 2 is 1.92 bits per heavy atom. The number of pyridine rings is 1. The van der Waals surface area contributed by atoms with Gasteiger partial charge < -0.3 is 15.4 Å². The number of nitrogens with one attached hydrogen (secondary N) is 2. The predicted molar refractivity (Wildman–Crippen MR) is 146 cm³/mol. The van der Waals surface area contributed by atoms with Crippen molar-refractivity contribution in [3.63, 3.8) is 0 Å². The molecule has 2 amide bonds. The van der Waals surface area contributed by atoms with Gasteiger partial charge in [0.1, 0.15) is 16.9 Å². The van der Waals surface area contributed by atoms with E-state index in [9.17, 15) is 9.59 Å². The Labute approximate surface area is 223 Å². The lowest BCUT2D eigenvalue weighted by atomic mass is 9.85. The van der Waals surface area contributed by atoms with Crippen molar-refractivity contribution in [3.05, 3.63) is 41.5 Å². The highest BCUT2D eigenvalue weighted by Gasteiger charge is 2.30. The summed E-state index contributed by atoms with van der Waals surface area (Å²) in [5.74, 6) is -0.190. The number of alkyl carbamates (subject to hydrolysis) is 1. The number of aromatic nitrogens is 3. The van der Waals surface area contributed by atoms with Gasteiger partial charge in [-0.15, -0.1) is 0 Å². The summed E-state index contributed by atoms with van der Waals surface area (Å²) in [5.41, 5.74) is 3.11. The van der Waals surface area contributed by atoms with E-state index in [1.54, 1.807) is 16.9 Å². The zero-order valence-corrected chi connectivity index (χ0v) is 23.3. The molecule has 1 aromatic carbocycles. The van der Waals surface area contributed by atoms with Crippen LogP contribution in [-0.4, -0.2) is 38.4 Å². The summed E-state index contributed by atoms with van der Waals surface area (Å²) < 4.78 is 22.2. The molecular weight excluding hydrogens is 485 g/mol. The topological polar surface area (TPSA) is 98.1 Å². The molecule has 4 rings (SSSR count). The van der Waals surface area contributed by atoms with Crippen LogP contribution >= 0.6 is 0 Å². The maximum atomic E-state index is 15.1. The van der Waals surface area contributed by atoms with E-state index >= 15 is 4.39 Å². The highest BCUT2D eigenvalue weighted by molar-refractivity contribution is 5.93. The minimum absolute atomic E-state index is 0.125. The van der Waals surface area contributed by atoms with Crippen molar-refractivity contribution in [2.24, 2.45) is 13.0 Å². The number of rotatable bonds is 5. The van der Waals surface area contributed by atoms with Crippen molar-refractivity contribution in [3.8, 4) is 11.1 Å². The number of nitrogens with zero attached hydrogens (tertiary/aromatic N) is 3. The van der Waals surface area contributed by atoms with E-state index in [0.29, 0.717) is 23.3 Å². The van der Waals surface area contributed by atoms with Gasteiger partial charge in [0.25, 0.3) is 0 Å². The predicted octanol–water partition coefficient (Wildman–Crippen LogP) is 6.23. The molecule has 8 nitrogen and oxygen atoms in total. The molecule has 0 aliphatic heterocycles. The minimum atomic E-state index is -0.578. The average Bonchev–Trinajstić information content (AvgIpc) is 3.15. The number of hydrogen-bond donors (Lipinski definition) is 2. The molecule has 0 saturated heterocycles. The highest BCUT2D eigenvalue weighted by atomic mass is 19.1. The molecule has 1 aliphatic rings. The molecular formula is C29H38FN5O3. The van der Waals surface area contributed by atoms with E-state index < -0.39 is 11.7 Å². The number of aryl methyl sites for hydroxylation is 2. The SMILES string of the molecule is Cc1cnc(NC(=O)[C@H]2CCC[C@@H](NC(=O)OC(C)(C)C)C2)cc1-c1cc(F)c2nn(C)c(C(C)C)c2c1. The van der Waals surface area contributed by atoms with E-state index in [4.69, 9.17) is 4.74 Å². The molecule has 0 radical (unpaired) electrons. The summed E-state index contributed by atoms with van der Waals surface area (Å²) in [6.07, 6.45) is 4.12. The second-order valence-electron chi connectivity index (χ2n) is 11.6. The number of carbonyl (C=O) groups is 2. The van der Waals surface area contributed by atoms with E-state index in [2.05, 4.69) is 34.6 Å². The molecule has 38 heavy (non-hydrogen) atoms. The van der Waals surface area contributed by atoms with E-state index in [1.807, 2.05) is 40.8 Å². The molecule has 2 N–H and O–H groups in total. The number of halogens is 1. The fourth-order valence-electron chi connectivity index (χ4n) is 5.28. The maximum Gasteiger partial charge on any atom is 0.407 e. The number of benzene rings is 1. The van der Waals surface area contributed by atoms with Gasteiger partial charge in [0.15, 0.2) is 5.82 Å². The monoisotopic (exact) mass is 523 g/mol. The second kappa shape index (κ2) is 10.7. The van der Waals surface area contributed by atoms with Gasteiger partial charge in [0.05, 0.1) is 0 Å². The Bertz CT molecular complexity index is 1360. The smallest absolute Gasteiger partial charge is 0.407 e. The largest absolute Gasteiger partial charge is 0.444 e. The lowest BCUT2D eigenvalue weighted by Gasteiger charge is -2.30. The van der Waals surface area contributed by atoms with Crippen molar-refractivity contribution in [2.75, 3.05) is 5.32 Å². The Morgan fingerprint density at radius 1 is 1.18 bits per heavy atom. The third-order valence-electron chi connectivity index (χ3n) is 6.92. The van der Waals surface area contributed by atoms with E-state index in [-0.39, 0.29) is 29.6 Å². The second-order valence-corrected chi connectivity index (χ2v) is 11.6. The standard InChI is InChI=1S/C29H38FN5O3/c1-16(2)26-22-12-19(13-23(30)25(22)34-35(26)7)21-14-24(31-15-17(21)3)33-27(36)18-9-8-10-20(11-18)32-28(37)38-29(4,5)6/h12-16,18,20H,8-11H2,1-7H3,(H,32,37)(H,31,33,36)/t18-,20+/m0/s1. The van der Waals surface area contributed by atoms with Crippen LogP contribution in [0.2, 0.25) is 0 Å². The van der Waals surface area contributed by atoms with Crippen molar-refractivity contribution >= 4 is 28.7 Å². The third-order valence-corrected chi connectivity index (χ3v) is 6.92. The van der Waals surface area contributed by atoms with Crippen LogP contribution in [0.5, 0.6) is 0 Å². The molecule has 204 valence electrons. The van der Waals surface area contributed by atoms with Crippen molar-refractivity contribution in [1.29, 1.82) is 0 Å². The number of hydrogen-bond acceptors (Lipinski definition) is 5. The molecule has 9 heteroatoms.